The van der Waals surface area contributed by atoms with Gasteiger partial charge in [-0.25, -0.2) is 9.37 Å². The van der Waals surface area contributed by atoms with Crippen LogP contribution in [-0.2, 0) is 9.53 Å². The van der Waals surface area contributed by atoms with Crippen LogP contribution in [-0.4, -0.2) is 94.2 Å². The van der Waals surface area contributed by atoms with E-state index in [1.165, 1.54) is 28.4 Å². The summed E-state index contributed by atoms with van der Waals surface area (Å²) in [5.41, 5.74) is 7.05. The highest BCUT2D eigenvalue weighted by atomic mass is 32.1. The number of nitrogens with zero attached hydrogens (tertiary/aromatic N) is 4. The molecule has 4 heterocycles. The maximum absolute atomic E-state index is 15.2. The predicted molar refractivity (Wildman–Crippen MR) is 154 cm³/mol. The van der Waals surface area contributed by atoms with E-state index >= 15 is 4.39 Å². The Bertz CT molecular complexity index is 1300. The van der Waals surface area contributed by atoms with Crippen LogP contribution in [0, 0.1) is 11.7 Å². The van der Waals surface area contributed by atoms with Crippen molar-refractivity contribution >= 4 is 40.9 Å². The van der Waals surface area contributed by atoms with Gasteiger partial charge in [-0.05, 0) is 30.5 Å². The third-order valence-corrected chi connectivity index (χ3v) is 8.74. The number of thiol groups is 1. The van der Waals surface area contributed by atoms with Crippen LogP contribution in [0.1, 0.15) is 30.6 Å². The van der Waals surface area contributed by atoms with E-state index < -0.39 is 40.9 Å². The molecule has 13 heteroatoms. The first-order valence-corrected chi connectivity index (χ1v) is 14.6. The molecule has 0 bridgehead atoms. The number of rotatable bonds is 7. The average Bonchev–Trinajstić information content (AvgIpc) is 3.60. The minimum Gasteiger partial charge on any atom is -0.377 e. The second-order valence-corrected chi connectivity index (χ2v) is 12.7. The van der Waals surface area contributed by atoms with Crippen molar-refractivity contribution in [1.29, 1.82) is 0 Å². The second kappa shape index (κ2) is 11.3. The summed E-state index contributed by atoms with van der Waals surface area (Å²) in [5.74, 6) is -1.46. The van der Waals surface area contributed by atoms with Gasteiger partial charge in [0.1, 0.15) is 11.9 Å². The van der Waals surface area contributed by atoms with Gasteiger partial charge < -0.3 is 35.6 Å². The average molecular weight is 591 g/mol. The smallest absolute Gasteiger partial charge is 0.252 e. The third kappa shape index (κ3) is 5.70. The number of hydrogen-bond donors (Lipinski definition) is 4. The minimum absolute atomic E-state index is 0.0533. The highest BCUT2D eigenvalue weighted by Crippen LogP contribution is 2.38. The molecule has 0 saturated carbocycles. The van der Waals surface area contributed by atoms with Crippen molar-refractivity contribution in [2.75, 3.05) is 38.2 Å². The maximum atomic E-state index is 15.2. The number of ether oxygens (including phenoxy) is 1. The molecule has 2 aromatic rings. The highest BCUT2D eigenvalue weighted by molar-refractivity contribution is 7.81. The summed E-state index contributed by atoms with van der Waals surface area (Å²) >= 11 is 5.73. The molecule has 10 nitrogen and oxygen atoms in total. The number of likely N-dealkylation sites (tertiary alicyclic amines) is 1. The fourth-order valence-corrected chi connectivity index (χ4v) is 6.60. The summed E-state index contributed by atoms with van der Waals surface area (Å²) in [6.45, 7) is 5.63. The monoisotopic (exact) mass is 590 g/mol. The number of anilines is 1. The van der Waals surface area contributed by atoms with E-state index in [-0.39, 0.29) is 30.5 Å². The third-order valence-electron chi connectivity index (χ3n) is 7.47. The van der Waals surface area contributed by atoms with Gasteiger partial charge in [-0.2, -0.15) is 0 Å². The molecule has 4 N–H and O–H groups in total. The molecule has 5 rings (SSSR count). The molecule has 40 heavy (non-hydrogen) atoms. The Kier molecular flexibility index (Phi) is 8.13. The molecule has 0 spiro atoms. The lowest BCUT2D eigenvalue weighted by Crippen LogP contribution is -2.55. The van der Waals surface area contributed by atoms with Crippen molar-refractivity contribution in [3.63, 3.8) is 0 Å². The summed E-state index contributed by atoms with van der Waals surface area (Å²) in [4.78, 5) is 35.5. The highest BCUT2D eigenvalue weighted by Gasteiger charge is 2.58. The fourth-order valence-electron chi connectivity index (χ4n) is 5.40. The van der Waals surface area contributed by atoms with E-state index in [1.807, 2.05) is 38.2 Å². The molecule has 2 amide bonds. The van der Waals surface area contributed by atoms with E-state index in [2.05, 4.69) is 27.8 Å². The quantitative estimate of drug-likeness (QED) is 0.285. The van der Waals surface area contributed by atoms with Crippen molar-refractivity contribution in [3.05, 3.63) is 47.4 Å². The number of halogens is 1. The van der Waals surface area contributed by atoms with Crippen molar-refractivity contribution in [2.24, 2.45) is 11.7 Å². The van der Waals surface area contributed by atoms with Crippen molar-refractivity contribution < 1.29 is 23.8 Å². The second-order valence-electron chi connectivity index (χ2n) is 11.1. The zero-order valence-corrected chi connectivity index (χ0v) is 24.4. The van der Waals surface area contributed by atoms with Crippen LogP contribution in [0.5, 0.6) is 0 Å². The summed E-state index contributed by atoms with van der Waals surface area (Å²) < 4.78 is 20.8. The lowest BCUT2D eigenvalue weighted by atomic mass is 10.0. The summed E-state index contributed by atoms with van der Waals surface area (Å²) in [7, 11) is 2.00. The molecule has 2 fully saturated rings. The molecule has 216 valence electrons. The number of likely N-dealkylation sites (N-methyl/N-ethyl adjacent to an activating group) is 1. The Balaban J connectivity index is 1.31. The van der Waals surface area contributed by atoms with Crippen LogP contribution in [0.2, 0.25) is 0 Å². The SMILES string of the molecule is CC(C)C[C@H](NC(=O)c1ccc(-c2csc(N3C=CN(C)CC3)n2)c(F)c1)C(=O)N1C[C@@H](N)[C@H]2OC[C@@](O)(S)[C@H]21. The number of aliphatic hydroxyl groups is 1. The molecule has 0 radical (unpaired) electrons. The summed E-state index contributed by atoms with van der Waals surface area (Å²) in [5, 5.41) is 16.1. The zero-order valence-electron chi connectivity index (χ0n) is 22.7. The molecular formula is C27H35FN6O4S2. The van der Waals surface area contributed by atoms with Gasteiger partial charge in [0, 0.05) is 55.6 Å². The van der Waals surface area contributed by atoms with E-state index in [1.54, 1.807) is 5.38 Å². The molecule has 1 aromatic heterocycles. The molecule has 0 unspecified atom stereocenters. The van der Waals surface area contributed by atoms with Crippen LogP contribution in [0.3, 0.4) is 0 Å². The van der Waals surface area contributed by atoms with Crippen LogP contribution in [0.15, 0.2) is 36.0 Å². The number of nitrogens with one attached hydrogen (secondary N) is 1. The molecule has 3 aliphatic heterocycles. The Morgan fingerprint density at radius 1 is 1.35 bits per heavy atom. The lowest BCUT2D eigenvalue weighted by molar-refractivity contribution is -0.136. The van der Waals surface area contributed by atoms with Gasteiger partial charge >= 0.3 is 0 Å². The predicted octanol–water partition coefficient (Wildman–Crippen LogP) is 1.87. The lowest BCUT2D eigenvalue weighted by Gasteiger charge is -2.33. The molecule has 0 aliphatic carbocycles. The van der Waals surface area contributed by atoms with Gasteiger partial charge in [0.2, 0.25) is 5.91 Å². The standard InChI is InChI=1S/C27H35FN6O4S2/c1-15(2)10-20(25(36)34-12-19(29)22-23(34)27(37,39)14-38-22)30-24(35)16-4-5-17(18(28)11-16)21-13-40-26(31-21)33-8-6-32(3)7-9-33/h4-6,8,11,13,15,19-20,22-23,37,39H,7,9-10,12,14,29H2,1-3H3,(H,30,35)/t19-,20+,22-,23+,27-/m1/s1. The van der Waals surface area contributed by atoms with Crippen LogP contribution < -0.4 is 16.0 Å². The fraction of sp³-hybridized carbons (Fsp3) is 0.519. The van der Waals surface area contributed by atoms with Gasteiger partial charge in [-0.3, -0.25) is 9.59 Å². The van der Waals surface area contributed by atoms with Crippen molar-refractivity contribution in [1.82, 2.24) is 20.1 Å². The zero-order chi connectivity index (χ0) is 28.8. The largest absolute Gasteiger partial charge is 0.377 e. The Labute approximate surface area is 242 Å². The number of fused-ring (bicyclic) bond motifs is 1. The minimum atomic E-state index is -1.55. The maximum Gasteiger partial charge on any atom is 0.252 e. The number of carbonyl (C=O) groups excluding carboxylic acids is 2. The topological polar surface area (TPSA) is 124 Å². The van der Waals surface area contributed by atoms with Gasteiger partial charge in [0.05, 0.1) is 30.5 Å². The first-order valence-electron chi connectivity index (χ1n) is 13.3. The Morgan fingerprint density at radius 3 is 2.80 bits per heavy atom. The van der Waals surface area contributed by atoms with Gasteiger partial charge in [0.15, 0.2) is 10.1 Å². The van der Waals surface area contributed by atoms with Gasteiger partial charge in [-0.15, -0.1) is 24.0 Å². The summed E-state index contributed by atoms with van der Waals surface area (Å²) in [6.07, 6.45) is 3.72. The van der Waals surface area contributed by atoms with E-state index in [4.69, 9.17) is 10.5 Å². The number of thiazole rings is 1. The van der Waals surface area contributed by atoms with E-state index in [0.717, 1.165) is 24.3 Å². The van der Waals surface area contributed by atoms with E-state index in [0.29, 0.717) is 17.7 Å². The molecule has 3 aliphatic rings. The first-order chi connectivity index (χ1) is 18.9. The molecule has 1 aromatic carbocycles. The van der Waals surface area contributed by atoms with Crippen LogP contribution >= 0.6 is 24.0 Å². The molecular weight excluding hydrogens is 555 g/mol. The van der Waals surface area contributed by atoms with Crippen molar-refractivity contribution in [3.8, 4) is 11.3 Å². The van der Waals surface area contributed by atoms with Gasteiger partial charge in [0.25, 0.3) is 5.91 Å². The van der Waals surface area contributed by atoms with Crippen LogP contribution in [0.25, 0.3) is 11.3 Å². The van der Waals surface area contributed by atoms with E-state index in [9.17, 15) is 14.7 Å². The number of benzene rings is 1. The number of aromatic nitrogens is 1. The Hall–Kier alpha value is -2.71. The van der Waals surface area contributed by atoms with Crippen LogP contribution in [0.4, 0.5) is 9.52 Å². The van der Waals surface area contributed by atoms with Crippen molar-refractivity contribution in [2.45, 2.75) is 49.4 Å². The number of amides is 2. The Morgan fingerprint density at radius 2 is 2.12 bits per heavy atom. The summed E-state index contributed by atoms with van der Waals surface area (Å²) in [6, 6.07) is 2.11. The number of nitrogens with two attached hydrogens (primary N) is 1. The normalized spacial score (nSPS) is 26.9. The number of hydrogen-bond acceptors (Lipinski definition) is 10. The molecule has 2 saturated heterocycles. The first kappa shape index (κ1) is 28.8. The molecule has 5 atom stereocenters. The number of carbonyl (C=O) groups is 2. The van der Waals surface area contributed by atoms with Gasteiger partial charge in [-0.1, -0.05) is 13.8 Å².